The summed E-state index contributed by atoms with van der Waals surface area (Å²) >= 11 is 0. The second-order valence-corrected chi connectivity index (χ2v) is 4.47. The molecule has 0 fully saturated rings. The Morgan fingerprint density at radius 1 is 1.31 bits per heavy atom. The van der Waals surface area contributed by atoms with Gasteiger partial charge in [0.1, 0.15) is 6.61 Å². The molecule has 2 amide bonds. The average molecular weight is 231 g/mol. The van der Waals surface area contributed by atoms with Gasteiger partial charge in [0.15, 0.2) is 0 Å². The van der Waals surface area contributed by atoms with E-state index in [1.165, 1.54) is 0 Å². The number of carbonyl (C=O) groups excluding carboxylic acids is 2. The third kappa shape index (κ3) is 10.9. The summed E-state index contributed by atoms with van der Waals surface area (Å²) in [5.41, 5.74) is 4.79. The van der Waals surface area contributed by atoms with Crippen LogP contribution in [0.5, 0.6) is 0 Å². The van der Waals surface area contributed by atoms with Gasteiger partial charge >= 0.3 is 0 Å². The standard InChI is InChI=1S/C10H21N3O3/c1-10(2,3)13-6-9(15)12-4-5-16-7-8(11)14/h13H,4-7H2,1-3H3,(H2,11,14)(H,12,15). The quantitative estimate of drug-likeness (QED) is 0.490. The van der Waals surface area contributed by atoms with Crippen molar-refractivity contribution in [2.45, 2.75) is 26.3 Å². The molecule has 0 rings (SSSR count). The van der Waals surface area contributed by atoms with Crippen molar-refractivity contribution < 1.29 is 14.3 Å². The Hall–Kier alpha value is -1.14. The van der Waals surface area contributed by atoms with Crippen LogP contribution in [0.15, 0.2) is 0 Å². The van der Waals surface area contributed by atoms with Gasteiger partial charge in [-0.25, -0.2) is 0 Å². The van der Waals surface area contributed by atoms with E-state index in [1.807, 2.05) is 20.8 Å². The fraction of sp³-hybridized carbons (Fsp3) is 0.800. The first-order chi connectivity index (χ1) is 7.31. The number of primary amides is 1. The summed E-state index contributed by atoms with van der Waals surface area (Å²) in [6.07, 6.45) is 0. The maximum absolute atomic E-state index is 11.3. The largest absolute Gasteiger partial charge is 0.370 e. The van der Waals surface area contributed by atoms with Crippen LogP contribution in [-0.4, -0.2) is 43.7 Å². The molecule has 94 valence electrons. The number of nitrogens with two attached hydrogens (primary N) is 1. The van der Waals surface area contributed by atoms with Crippen LogP contribution in [0.2, 0.25) is 0 Å². The molecule has 0 aliphatic carbocycles. The lowest BCUT2D eigenvalue weighted by Crippen LogP contribution is -2.43. The van der Waals surface area contributed by atoms with Gasteiger partial charge in [-0.1, -0.05) is 0 Å². The van der Waals surface area contributed by atoms with Crippen molar-refractivity contribution in [2.75, 3.05) is 26.3 Å². The Balaban J connectivity index is 3.41. The number of rotatable bonds is 7. The van der Waals surface area contributed by atoms with E-state index in [0.29, 0.717) is 6.54 Å². The molecule has 0 saturated heterocycles. The second kappa shape index (κ2) is 7.19. The Morgan fingerprint density at radius 2 is 1.94 bits per heavy atom. The minimum absolute atomic E-state index is 0.0835. The minimum Gasteiger partial charge on any atom is -0.370 e. The van der Waals surface area contributed by atoms with Crippen molar-refractivity contribution in [1.82, 2.24) is 10.6 Å². The zero-order valence-electron chi connectivity index (χ0n) is 10.1. The van der Waals surface area contributed by atoms with Gasteiger partial charge in [-0.3, -0.25) is 9.59 Å². The van der Waals surface area contributed by atoms with Crippen LogP contribution in [0.1, 0.15) is 20.8 Å². The van der Waals surface area contributed by atoms with Crippen LogP contribution in [0.3, 0.4) is 0 Å². The van der Waals surface area contributed by atoms with E-state index in [0.717, 1.165) is 0 Å². The van der Waals surface area contributed by atoms with Crippen molar-refractivity contribution >= 4 is 11.8 Å². The van der Waals surface area contributed by atoms with E-state index in [-0.39, 0.29) is 31.2 Å². The highest BCUT2D eigenvalue weighted by Gasteiger charge is 2.10. The van der Waals surface area contributed by atoms with E-state index in [4.69, 9.17) is 10.5 Å². The molecule has 0 radical (unpaired) electrons. The molecule has 4 N–H and O–H groups in total. The third-order valence-corrected chi connectivity index (χ3v) is 1.59. The van der Waals surface area contributed by atoms with Gasteiger partial charge in [-0.2, -0.15) is 0 Å². The molecular formula is C10H21N3O3. The molecule has 0 aromatic rings. The van der Waals surface area contributed by atoms with Crippen LogP contribution in [0, 0.1) is 0 Å². The highest BCUT2D eigenvalue weighted by Crippen LogP contribution is 1.96. The van der Waals surface area contributed by atoms with E-state index in [2.05, 4.69) is 10.6 Å². The lowest BCUT2D eigenvalue weighted by Gasteiger charge is -2.19. The number of hydrogen-bond acceptors (Lipinski definition) is 4. The zero-order chi connectivity index (χ0) is 12.6. The monoisotopic (exact) mass is 231 g/mol. The Morgan fingerprint density at radius 3 is 2.44 bits per heavy atom. The summed E-state index contributed by atoms with van der Waals surface area (Å²) in [4.78, 5) is 21.6. The van der Waals surface area contributed by atoms with Crippen molar-refractivity contribution in [3.05, 3.63) is 0 Å². The predicted octanol–water partition coefficient (Wildman–Crippen LogP) is -1.01. The molecule has 16 heavy (non-hydrogen) atoms. The normalized spacial score (nSPS) is 11.2. The molecule has 0 aliphatic rings. The van der Waals surface area contributed by atoms with Crippen LogP contribution in [0.4, 0.5) is 0 Å². The summed E-state index contributed by atoms with van der Waals surface area (Å²) in [5, 5.41) is 5.70. The van der Waals surface area contributed by atoms with Crippen LogP contribution in [0.25, 0.3) is 0 Å². The van der Waals surface area contributed by atoms with Crippen molar-refractivity contribution in [1.29, 1.82) is 0 Å². The topological polar surface area (TPSA) is 93.4 Å². The smallest absolute Gasteiger partial charge is 0.243 e. The first kappa shape index (κ1) is 14.9. The summed E-state index contributed by atoms with van der Waals surface area (Å²) in [7, 11) is 0. The molecule has 0 unspecified atom stereocenters. The minimum atomic E-state index is -0.513. The molecule has 0 aromatic heterocycles. The number of hydrogen-bond donors (Lipinski definition) is 3. The third-order valence-electron chi connectivity index (χ3n) is 1.59. The number of ether oxygens (including phenoxy) is 1. The number of carbonyl (C=O) groups is 2. The van der Waals surface area contributed by atoms with Gasteiger partial charge < -0.3 is 21.1 Å². The Kier molecular flexibility index (Phi) is 6.67. The maximum atomic E-state index is 11.3. The van der Waals surface area contributed by atoms with Gasteiger partial charge in [-0.05, 0) is 20.8 Å². The highest BCUT2D eigenvalue weighted by molar-refractivity contribution is 5.78. The van der Waals surface area contributed by atoms with Crippen molar-refractivity contribution in [2.24, 2.45) is 5.73 Å². The molecule has 0 saturated carbocycles. The average Bonchev–Trinajstić information content (AvgIpc) is 2.12. The maximum Gasteiger partial charge on any atom is 0.243 e. The zero-order valence-corrected chi connectivity index (χ0v) is 10.1. The fourth-order valence-corrected chi connectivity index (χ4v) is 0.843. The Bertz CT molecular complexity index is 236. The van der Waals surface area contributed by atoms with Crippen LogP contribution < -0.4 is 16.4 Å². The number of amides is 2. The second-order valence-electron chi connectivity index (χ2n) is 4.47. The molecule has 0 spiro atoms. The molecule has 6 heteroatoms. The molecule has 6 nitrogen and oxygen atoms in total. The lowest BCUT2D eigenvalue weighted by atomic mass is 10.1. The van der Waals surface area contributed by atoms with E-state index < -0.39 is 5.91 Å². The molecule has 0 atom stereocenters. The Labute approximate surface area is 95.9 Å². The molecule has 0 aliphatic heterocycles. The summed E-state index contributed by atoms with van der Waals surface area (Å²) in [5.74, 6) is -0.613. The SMILES string of the molecule is CC(C)(C)NCC(=O)NCCOCC(N)=O. The van der Waals surface area contributed by atoms with E-state index in [9.17, 15) is 9.59 Å². The van der Waals surface area contributed by atoms with Gasteiger partial charge in [0.05, 0.1) is 13.2 Å². The summed E-state index contributed by atoms with van der Waals surface area (Å²) in [6, 6.07) is 0. The van der Waals surface area contributed by atoms with Gasteiger partial charge in [-0.15, -0.1) is 0 Å². The molecule has 0 heterocycles. The highest BCUT2D eigenvalue weighted by atomic mass is 16.5. The van der Waals surface area contributed by atoms with Gasteiger partial charge in [0.25, 0.3) is 0 Å². The van der Waals surface area contributed by atoms with Crippen LogP contribution in [-0.2, 0) is 14.3 Å². The predicted molar refractivity (Wildman–Crippen MR) is 60.8 cm³/mol. The summed E-state index contributed by atoms with van der Waals surface area (Å²) < 4.78 is 4.88. The van der Waals surface area contributed by atoms with E-state index >= 15 is 0 Å². The summed E-state index contributed by atoms with van der Waals surface area (Å²) in [6.45, 7) is 6.75. The van der Waals surface area contributed by atoms with Crippen molar-refractivity contribution in [3.63, 3.8) is 0 Å². The van der Waals surface area contributed by atoms with Gasteiger partial charge in [0.2, 0.25) is 11.8 Å². The molecule has 0 aromatic carbocycles. The lowest BCUT2D eigenvalue weighted by molar-refractivity contribution is -0.122. The van der Waals surface area contributed by atoms with Crippen LogP contribution >= 0.6 is 0 Å². The van der Waals surface area contributed by atoms with E-state index in [1.54, 1.807) is 0 Å². The number of nitrogens with one attached hydrogen (secondary N) is 2. The first-order valence-electron chi connectivity index (χ1n) is 5.19. The first-order valence-corrected chi connectivity index (χ1v) is 5.19. The molecular weight excluding hydrogens is 210 g/mol. The fourth-order valence-electron chi connectivity index (χ4n) is 0.843. The van der Waals surface area contributed by atoms with Gasteiger partial charge in [0, 0.05) is 12.1 Å². The molecule has 0 bridgehead atoms. The van der Waals surface area contributed by atoms with Crippen molar-refractivity contribution in [3.8, 4) is 0 Å².